The van der Waals surface area contributed by atoms with Gasteiger partial charge in [-0.2, -0.15) is 10.1 Å². The molecule has 2 aromatic carbocycles. The normalized spacial score (nSPS) is 14.7. The average Bonchev–Trinajstić information content (AvgIpc) is 3.45. The number of halogens is 2. The topological polar surface area (TPSA) is 89.8 Å². The molecule has 0 spiro atoms. The fraction of sp³-hybridized carbons (Fsp3) is 0.250. The highest BCUT2D eigenvalue weighted by Crippen LogP contribution is 2.41. The van der Waals surface area contributed by atoms with Crippen LogP contribution in [0.2, 0.25) is 0 Å². The van der Waals surface area contributed by atoms with E-state index < -0.39 is 11.6 Å². The van der Waals surface area contributed by atoms with Crippen molar-refractivity contribution >= 4 is 17.5 Å². The fourth-order valence-corrected chi connectivity index (χ4v) is 4.35. The number of methoxy groups -OCH3 is 1. The lowest BCUT2D eigenvalue weighted by Crippen LogP contribution is -2.09. The van der Waals surface area contributed by atoms with Gasteiger partial charge >= 0.3 is 0 Å². The van der Waals surface area contributed by atoms with E-state index in [0.717, 1.165) is 23.0 Å². The molecule has 2 heterocycles. The molecule has 8 nitrogen and oxygen atoms in total. The first-order valence-corrected chi connectivity index (χ1v) is 10.8. The van der Waals surface area contributed by atoms with E-state index in [9.17, 15) is 8.78 Å². The molecule has 0 saturated heterocycles. The van der Waals surface area contributed by atoms with Crippen LogP contribution in [0.25, 0.3) is 5.69 Å². The van der Waals surface area contributed by atoms with Crippen molar-refractivity contribution in [2.45, 2.75) is 25.7 Å². The highest BCUT2D eigenvalue weighted by molar-refractivity contribution is 5.64. The zero-order valence-electron chi connectivity index (χ0n) is 18.9. The molecule has 1 aliphatic carbocycles. The van der Waals surface area contributed by atoms with Gasteiger partial charge in [0.05, 0.1) is 12.8 Å². The smallest absolute Gasteiger partial charge is 0.229 e. The zero-order chi connectivity index (χ0) is 23.8. The Bertz CT molecular complexity index is 1370. The minimum absolute atomic E-state index is 0.279. The van der Waals surface area contributed by atoms with Crippen molar-refractivity contribution in [1.29, 1.82) is 0 Å². The third kappa shape index (κ3) is 3.91. The number of rotatable bonds is 6. The summed E-state index contributed by atoms with van der Waals surface area (Å²) in [4.78, 5) is 13.5. The highest BCUT2D eigenvalue weighted by Gasteiger charge is 2.31. The summed E-state index contributed by atoms with van der Waals surface area (Å²) in [5.41, 5.74) is 3.56. The number of anilines is 3. The second-order valence-electron chi connectivity index (χ2n) is 8.01. The van der Waals surface area contributed by atoms with Crippen LogP contribution < -0.4 is 15.4 Å². The first-order chi connectivity index (χ1) is 16.5. The molecule has 0 radical (unpaired) electrons. The molecular weight excluding hydrogens is 440 g/mol. The Hall–Kier alpha value is -4.08. The molecule has 0 fully saturated rings. The van der Waals surface area contributed by atoms with Crippen LogP contribution in [0.1, 0.15) is 35.0 Å². The Morgan fingerprint density at radius 3 is 2.68 bits per heavy atom. The van der Waals surface area contributed by atoms with Gasteiger partial charge in [0.2, 0.25) is 5.95 Å². The number of aryl methyl sites for hydroxylation is 1. The molecular formula is C24H23F2N7O. The van der Waals surface area contributed by atoms with Crippen molar-refractivity contribution in [3.8, 4) is 11.4 Å². The number of hydrogen-bond acceptors (Lipinski definition) is 7. The SMILES string of the molecule is CNc1nc(Nc2ccc(-n3cnc(C)n3)c(OC)c2)nc2c1CC[C@H]2c1ccc(F)cc1F. The van der Waals surface area contributed by atoms with Crippen molar-refractivity contribution in [1.82, 2.24) is 24.7 Å². The monoisotopic (exact) mass is 463 g/mol. The number of nitrogens with zero attached hydrogens (tertiary/aromatic N) is 5. The molecule has 2 N–H and O–H groups in total. The number of nitrogens with one attached hydrogen (secondary N) is 2. The maximum Gasteiger partial charge on any atom is 0.229 e. The van der Waals surface area contributed by atoms with Crippen molar-refractivity contribution in [3.63, 3.8) is 0 Å². The lowest BCUT2D eigenvalue weighted by atomic mass is 9.96. The van der Waals surface area contributed by atoms with Crippen LogP contribution in [0.5, 0.6) is 5.75 Å². The number of ether oxygens (including phenoxy) is 1. The van der Waals surface area contributed by atoms with E-state index in [0.29, 0.717) is 47.4 Å². The minimum Gasteiger partial charge on any atom is -0.494 e. The van der Waals surface area contributed by atoms with E-state index in [1.165, 1.54) is 12.1 Å². The molecule has 5 rings (SSSR count). The summed E-state index contributed by atoms with van der Waals surface area (Å²) in [6.45, 7) is 1.81. The lowest BCUT2D eigenvalue weighted by molar-refractivity contribution is 0.412. The van der Waals surface area contributed by atoms with Gasteiger partial charge in [0.1, 0.15) is 41.0 Å². The van der Waals surface area contributed by atoms with Crippen LogP contribution in [0, 0.1) is 18.6 Å². The van der Waals surface area contributed by atoms with Crippen LogP contribution in [0.15, 0.2) is 42.7 Å². The van der Waals surface area contributed by atoms with Gasteiger partial charge in [0.15, 0.2) is 0 Å². The van der Waals surface area contributed by atoms with E-state index >= 15 is 0 Å². The summed E-state index contributed by atoms with van der Waals surface area (Å²) >= 11 is 0. The first-order valence-electron chi connectivity index (χ1n) is 10.8. The van der Waals surface area contributed by atoms with Gasteiger partial charge < -0.3 is 15.4 Å². The molecule has 174 valence electrons. The van der Waals surface area contributed by atoms with E-state index in [2.05, 4.69) is 25.7 Å². The van der Waals surface area contributed by atoms with Crippen molar-refractivity contribution in [2.24, 2.45) is 0 Å². The molecule has 0 saturated carbocycles. The van der Waals surface area contributed by atoms with E-state index in [1.54, 1.807) is 25.2 Å². The van der Waals surface area contributed by atoms with Gasteiger partial charge in [-0.15, -0.1) is 0 Å². The third-order valence-corrected chi connectivity index (χ3v) is 5.92. The quantitative estimate of drug-likeness (QED) is 0.435. The Balaban J connectivity index is 1.50. The summed E-state index contributed by atoms with van der Waals surface area (Å²) < 4.78 is 35.2. The maximum atomic E-state index is 14.5. The summed E-state index contributed by atoms with van der Waals surface area (Å²) in [6, 6.07) is 9.23. The molecule has 10 heteroatoms. The highest BCUT2D eigenvalue weighted by atomic mass is 19.1. The molecule has 0 unspecified atom stereocenters. The van der Waals surface area contributed by atoms with Gasteiger partial charge in [-0.1, -0.05) is 6.07 Å². The fourth-order valence-electron chi connectivity index (χ4n) is 4.35. The lowest BCUT2D eigenvalue weighted by Gasteiger charge is -2.16. The summed E-state index contributed by atoms with van der Waals surface area (Å²) in [5, 5.41) is 10.7. The van der Waals surface area contributed by atoms with Gasteiger partial charge in [0, 0.05) is 36.3 Å². The number of fused-ring (bicyclic) bond motifs is 1. The van der Waals surface area contributed by atoms with Crippen LogP contribution in [0.4, 0.5) is 26.2 Å². The largest absolute Gasteiger partial charge is 0.494 e. The van der Waals surface area contributed by atoms with Crippen LogP contribution in [-0.4, -0.2) is 38.9 Å². The van der Waals surface area contributed by atoms with Crippen molar-refractivity contribution < 1.29 is 13.5 Å². The first kappa shape index (κ1) is 21.7. The predicted octanol–water partition coefficient (Wildman–Crippen LogP) is 4.52. The van der Waals surface area contributed by atoms with E-state index in [-0.39, 0.29) is 5.92 Å². The Morgan fingerprint density at radius 1 is 1.12 bits per heavy atom. The van der Waals surface area contributed by atoms with Crippen LogP contribution in [0.3, 0.4) is 0 Å². The Morgan fingerprint density at radius 2 is 1.97 bits per heavy atom. The summed E-state index contributed by atoms with van der Waals surface area (Å²) in [6.07, 6.45) is 3.00. The molecule has 1 atom stereocenters. The van der Waals surface area contributed by atoms with E-state index in [4.69, 9.17) is 9.72 Å². The average molecular weight is 463 g/mol. The standard InChI is InChI=1S/C24H23F2N7O/c1-13-28-12-33(32-13)20-9-5-15(11-21(20)34-3)29-24-30-22-17(7-8-18(22)23(27-2)31-24)16-6-4-14(25)10-19(16)26/h4-6,9-12,17H,7-8H2,1-3H3,(H2,27,29,30,31)/t17-/m0/s1. The minimum atomic E-state index is -0.598. The van der Waals surface area contributed by atoms with Crippen molar-refractivity contribution in [3.05, 3.63) is 77.0 Å². The molecule has 1 aliphatic rings. The molecule has 0 amide bonds. The second-order valence-corrected chi connectivity index (χ2v) is 8.01. The summed E-state index contributed by atoms with van der Waals surface area (Å²) in [5.74, 6) is 0.847. The number of hydrogen-bond donors (Lipinski definition) is 2. The molecule has 0 aliphatic heterocycles. The molecule has 2 aromatic heterocycles. The van der Waals surface area contributed by atoms with Gasteiger partial charge in [0.25, 0.3) is 0 Å². The summed E-state index contributed by atoms with van der Waals surface area (Å²) in [7, 11) is 3.37. The predicted molar refractivity (Wildman–Crippen MR) is 124 cm³/mol. The van der Waals surface area contributed by atoms with E-state index in [1.807, 2.05) is 25.1 Å². The van der Waals surface area contributed by atoms with Gasteiger partial charge in [-0.05, 0) is 43.5 Å². The van der Waals surface area contributed by atoms with Crippen molar-refractivity contribution in [2.75, 3.05) is 24.8 Å². The third-order valence-electron chi connectivity index (χ3n) is 5.92. The Kier molecular flexibility index (Phi) is 5.56. The molecule has 0 bridgehead atoms. The number of aromatic nitrogens is 5. The van der Waals surface area contributed by atoms with Crippen LogP contribution in [-0.2, 0) is 6.42 Å². The second kappa shape index (κ2) is 8.69. The molecule has 4 aromatic rings. The van der Waals surface area contributed by atoms with Gasteiger partial charge in [-0.25, -0.2) is 23.4 Å². The number of benzene rings is 2. The Labute approximate surface area is 195 Å². The zero-order valence-corrected chi connectivity index (χ0v) is 18.9. The molecule has 34 heavy (non-hydrogen) atoms. The van der Waals surface area contributed by atoms with Crippen LogP contribution >= 0.6 is 0 Å². The maximum absolute atomic E-state index is 14.5. The van der Waals surface area contributed by atoms with Gasteiger partial charge in [-0.3, -0.25) is 0 Å².